The van der Waals surface area contributed by atoms with Crippen LogP contribution in [0.15, 0.2) is 0 Å². The van der Waals surface area contributed by atoms with Gasteiger partial charge in [0.15, 0.2) is 0 Å². The minimum absolute atomic E-state index is 0.0180. The molecule has 0 saturated carbocycles. The summed E-state index contributed by atoms with van der Waals surface area (Å²) in [5, 5.41) is 9.27. The Kier molecular flexibility index (Phi) is 4.71. The van der Waals surface area contributed by atoms with Crippen molar-refractivity contribution in [2.24, 2.45) is 5.73 Å². The van der Waals surface area contributed by atoms with Crippen LogP contribution in [-0.4, -0.2) is 53.2 Å². The van der Waals surface area contributed by atoms with Gasteiger partial charge in [0.25, 0.3) is 0 Å². The Morgan fingerprint density at radius 2 is 2.50 bits per heavy atom. The molecule has 1 saturated heterocycles. The monoisotopic (exact) mass is 218 g/mol. The van der Waals surface area contributed by atoms with Crippen LogP contribution < -0.4 is 5.73 Å². The van der Waals surface area contributed by atoms with Crippen LogP contribution in [-0.2, 0) is 4.79 Å². The smallest absolute Gasteiger partial charge is 0.239 e. The molecule has 0 bridgehead atoms. The van der Waals surface area contributed by atoms with E-state index in [-0.39, 0.29) is 12.0 Å². The summed E-state index contributed by atoms with van der Waals surface area (Å²) in [5.74, 6) is 0.888. The summed E-state index contributed by atoms with van der Waals surface area (Å²) in [7, 11) is 0. The molecule has 14 heavy (non-hydrogen) atoms. The molecule has 0 aromatic carbocycles. The SMILES string of the molecule is CSCC[C@H](N)C(=O)N1CC[C@H](O)C1. The van der Waals surface area contributed by atoms with Gasteiger partial charge in [0.2, 0.25) is 5.91 Å². The van der Waals surface area contributed by atoms with E-state index in [0.29, 0.717) is 25.9 Å². The number of hydrogen-bond donors (Lipinski definition) is 2. The van der Waals surface area contributed by atoms with Gasteiger partial charge in [-0.1, -0.05) is 0 Å². The molecule has 0 unspecified atom stereocenters. The molecule has 4 nitrogen and oxygen atoms in total. The minimum atomic E-state index is -0.396. The number of thioether (sulfide) groups is 1. The molecular formula is C9H18N2O2S. The third-order valence-corrected chi connectivity index (χ3v) is 3.07. The van der Waals surface area contributed by atoms with Crippen LogP contribution >= 0.6 is 11.8 Å². The van der Waals surface area contributed by atoms with E-state index in [4.69, 9.17) is 5.73 Å². The molecule has 1 amide bonds. The van der Waals surface area contributed by atoms with Crippen molar-refractivity contribution in [2.75, 3.05) is 25.1 Å². The van der Waals surface area contributed by atoms with E-state index >= 15 is 0 Å². The van der Waals surface area contributed by atoms with E-state index in [0.717, 1.165) is 5.75 Å². The highest BCUT2D eigenvalue weighted by molar-refractivity contribution is 7.98. The molecular weight excluding hydrogens is 200 g/mol. The summed E-state index contributed by atoms with van der Waals surface area (Å²) in [5.41, 5.74) is 5.74. The maximum atomic E-state index is 11.7. The molecule has 1 fully saturated rings. The number of amides is 1. The summed E-state index contributed by atoms with van der Waals surface area (Å²) in [6.07, 6.45) is 3.04. The van der Waals surface area contributed by atoms with Gasteiger partial charge in [0, 0.05) is 13.1 Å². The van der Waals surface area contributed by atoms with Crippen LogP contribution in [0.1, 0.15) is 12.8 Å². The fourth-order valence-corrected chi connectivity index (χ4v) is 2.03. The van der Waals surface area contributed by atoms with E-state index in [1.54, 1.807) is 16.7 Å². The number of carbonyl (C=O) groups excluding carboxylic acids is 1. The van der Waals surface area contributed by atoms with Gasteiger partial charge in [-0.2, -0.15) is 11.8 Å². The Bertz CT molecular complexity index is 201. The van der Waals surface area contributed by atoms with Crippen molar-refractivity contribution in [2.45, 2.75) is 25.0 Å². The Balaban J connectivity index is 2.32. The topological polar surface area (TPSA) is 66.6 Å². The molecule has 0 radical (unpaired) electrons. The van der Waals surface area contributed by atoms with Gasteiger partial charge < -0.3 is 15.7 Å². The lowest BCUT2D eigenvalue weighted by Gasteiger charge is -2.19. The standard InChI is InChI=1S/C9H18N2O2S/c1-14-5-3-8(10)9(13)11-4-2-7(12)6-11/h7-8,12H,2-6,10H2,1H3/t7-,8-/m0/s1. The number of nitrogens with zero attached hydrogens (tertiary/aromatic N) is 1. The first-order valence-corrected chi connectivity index (χ1v) is 6.26. The maximum Gasteiger partial charge on any atom is 0.239 e. The van der Waals surface area contributed by atoms with E-state index in [9.17, 15) is 9.90 Å². The highest BCUT2D eigenvalue weighted by atomic mass is 32.2. The zero-order valence-electron chi connectivity index (χ0n) is 8.48. The molecule has 1 rings (SSSR count). The number of nitrogens with two attached hydrogens (primary N) is 1. The van der Waals surface area contributed by atoms with Crippen molar-refractivity contribution < 1.29 is 9.90 Å². The van der Waals surface area contributed by atoms with E-state index in [2.05, 4.69) is 0 Å². The van der Waals surface area contributed by atoms with Crippen LogP contribution in [0.5, 0.6) is 0 Å². The quantitative estimate of drug-likeness (QED) is 0.677. The highest BCUT2D eigenvalue weighted by Gasteiger charge is 2.27. The van der Waals surface area contributed by atoms with Gasteiger partial charge in [0.05, 0.1) is 12.1 Å². The number of aliphatic hydroxyl groups excluding tert-OH is 1. The van der Waals surface area contributed by atoms with Gasteiger partial charge in [0.1, 0.15) is 0 Å². The molecule has 82 valence electrons. The number of rotatable bonds is 4. The van der Waals surface area contributed by atoms with Crippen LogP contribution in [0, 0.1) is 0 Å². The van der Waals surface area contributed by atoms with Gasteiger partial charge in [-0.25, -0.2) is 0 Å². The lowest BCUT2D eigenvalue weighted by atomic mass is 10.2. The molecule has 1 heterocycles. The number of carbonyl (C=O) groups is 1. The third-order valence-electron chi connectivity index (χ3n) is 2.43. The maximum absolute atomic E-state index is 11.7. The molecule has 0 aliphatic carbocycles. The van der Waals surface area contributed by atoms with Crippen molar-refractivity contribution in [3.05, 3.63) is 0 Å². The number of β-amino-alcohol motifs (C(OH)–C–C–N with tert-alkyl or cyclic N) is 1. The summed E-state index contributed by atoms with van der Waals surface area (Å²) in [6.45, 7) is 1.10. The van der Waals surface area contributed by atoms with E-state index < -0.39 is 6.04 Å². The average molecular weight is 218 g/mol. The predicted octanol–water partition coefficient (Wildman–Crippen LogP) is -0.340. The zero-order valence-corrected chi connectivity index (χ0v) is 9.30. The lowest BCUT2D eigenvalue weighted by Crippen LogP contribution is -2.43. The minimum Gasteiger partial charge on any atom is -0.391 e. The second-order valence-electron chi connectivity index (χ2n) is 3.61. The van der Waals surface area contributed by atoms with Gasteiger partial charge in [-0.05, 0) is 24.9 Å². The van der Waals surface area contributed by atoms with Gasteiger partial charge >= 0.3 is 0 Å². The third kappa shape index (κ3) is 3.15. The van der Waals surface area contributed by atoms with Gasteiger partial charge in [-0.15, -0.1) is 0 Å². The molecule has 0 aromatic rings. The van der Waals surface area contributed by atoms with Crippen molar-refractivity contribution in [3.8, 4) is 0 Å². The van der Waals surface area contributed by atoms with E-state index in [1.807, 2.05) is 6.26 Å². The number of hydrogen-bond acceptors (Lipinski definition) is 4. The first kappa shape index (κ1) is 11.8. The molecule has 1 aliphatic rings. The lowest BCUT2D eigenvalue weighted by molar-refractivity contribution is -0.131. The summed E-state index contributed by atoms with van der Waals surface area (Å²) in [4.78, 5) is 13.3. The molecule has 2 atom stereocenters. The van der Waals surface area contributed by atoms with Gasteiger partial charge in [-0.3, -0.25) is 4.79 Å². The van der Waals surface area contributed by atoms with Crippen LogP contribution in [0.25, 0.3) is 0 Å². The Morgan fingerprint density at radius 3 is 3.00 bits per heavy atom. The van der Waals surface area contributed by atoms with Crippen molar-refractivity contribution in [3.63, 3.8) is 0 Å². The van der Waals surface area contributed by atoms with Crippen molar-refractivity contribution in [1.29, 1.82) is 0 Å². The van der Waals surface area contributed by atoms with Crippen LogP contribution in [0.2, 0.25) is 0 Å². The largest absolute Gasteiger partial charge is 0.391 e. The summed E-state index contributed by atoms with van der Waals surface area (Å²) >= 11 is 1.69. The first-order chi connectivity index (χ1) is 6.65. The Labute approximate surface area is 88.8 Å². The molecule has 0 spiro atoms. The number of aliphatic hydroxyl groups is 1. The molecule has 1 aliphatic heterocycles. The fraction of sp³-hybridized carbons (Fsp3) is 0.889. The molecule has 5 heteroatoms. The second-order valence-corrected chi connectivity index (χ2v) is 4.60. The zero-order chi connectivity index (χ0) is 10.6. The Morgan fingerprint density at radius 1 is 1.79 bits per heavy atom. The fourth-order valence-electron chi connectivity index (χ4n) is 1.54. The van der Waals surface area contributed by atoms with E-state index in [1.165, 1.54) is 0 Å². The first-order valence-electron chi connectivity index (χ1n) is 4.86. The predicted molar refractivity (Wildman–Crippen MR) is 58.2 cm³/mol. The average Bonchev–Trinajstić information content (AvgIpc) is 2.60. The summed E-state index contributed by atoms with van der Waals surface area (Å²) < 4.78 is 0. The Hall–Kier alpha value is -0.260. The molecule has 0 aromatic heterocycles. The van der Waals surface area contributed by atoms with Crippen LogP contribution in [0.4, 0.5) is 0 Å². The van der Waals surface area contributed by atoms with Crippen LogP contribution in [0.3, 0.4) is 0 Å². The highest BCUT2D eigenvalue weighted by Crippen LogP contribution is 2.11. The van der Waals surface area contributed by atoms with Crippen molar-refractivity contribution >= 4 is 17.7 Å². The second kappa shape index (κ2) is 5.58. The number of likely N-dealkylation sites (tertiary alicyclic amines) is 1. The summed E-state index contributed by atoms with van der Waals surface area (Å²) in [6, 6.07) is -0.396. The molecule has 3 N–H and O–H groups in total. The normalized spacial score (nSPS) is 23.9. The van der Waals surface area contributed by atoms with Crippen molar-refractivity contribution in [1.82, 2.24) is 4.90 Å².